The van der Waals surface area contributed by atoms with Gasteiger partial charge in [0.05, 0.1) is 4.90 Å². The maximum Gasteiger partial charge on any atom is 0.241 e. The molecule has 6 heteroatoms. The summed E-state index contributed by atoms with van der Waals surface area (Å²) in [6.07, 6.45) is 0. The molecule has 1 heterocycles. The maximum atomic E-state index is 12.5. The van der Waals surface area contributed by atoms with Gasteiger partial charge in [-0.3, -0.25) is 0 Å². The van der Waals surface area contributed by atoms with Crippen molar-refractivity contribution in [2.75, 3.05) is 12.4 Å². The van der Waals surface area contributed by atoms with E-state index in [9.17, 15) is 8.42 Å². The summed E-state index contributed by atoms with van der Waals surface area (Å²) in [6.45, 7) is 5.97. The molecule has 114 valence electrons. The average molecular weight is 324 g/mol. The number of rotatable bonds is 5. The standard InChI is InChI=1S/C15H20N2O2S2/c1-10-7-13(16-4)8-11(2)15(10)21(18,19)17-9-14-6-5-12(3)20-14/h5-8,16-17H,9H2,1-4H3. The van der Waals surface area contributed by atoms with E-state index in [1.807, 2.05) is 52.1 Å². The Morgan fingerprint density at radius 2 is 1.71 bits per heavy atom. The van der Waals surface area contributed by atoms with Crippen LogP contribution in [-0.4, -0.2) is 15.5 Å². The monoisotopic (exact) mass is 324 g/mol. The highest BCUT2D eigenvalue weighted by molar-refractivity contribution is 7.89. The Hall–Kier alpha value is -1.37. The molecule has 2 rings (SSSR count). The molecule has 0 saturated heterocycles. The molecule has 0 aliphatic carbocycles. The van der Waals surface area contributed by atoms with Gasteiger partial charge in [0.15, 0.2) is 0 Å². The van der Waals surface area contributed by atoms with Crippen molar-refractivity contribution in [2.45, 2.75) is 32.2 Å². The molecule has 0 saturated carbocycles. The first-order valence-electron chi connectivity index (χ1n) is 6.67. The molecule has 0 amide bonds. The normalized spacial score (nSPS) is 11.6. The lowest BCUT2D eigenvalue weighted by Crippen LogP contribution is -2.24. The second kappa shape index (κ2) is 6.17. The van der Waals surface area contributed by atoms with Crippen LogP contribution in [0.4, 0.5) is 5.69 Å². The summed E-state index contributed by atoms with van der Waals surface area (Å²) in [5, 5.41) is 3.03. The largest absolute Gasteiger partial charge is 0.388 e. The van der Waals surface area contributed by atoms with Crippen molar-refractivity contribution < 1.29 is 8.42 Å². The number of hydrogen-bond acceptors (Lipinski definition) is 4. The van der Waals surface area contributed by atoms with Crippen LogP contribution in [0.25, 0.3) is 0 Å². The van der Waals surface area contributed by atoms with Crippen molar-refractivity contribution in [2.24, 2.45) is 0 Å². The van der Waals surface area contributed by atoms with Gasteiger partial charge in [-0.25, -0.2) is 13.1 Å². The number of anilines is 1. The van der Waals surface area contributed by atoms with Gasteiger partial charge in [0.25, 0.3) is 0 Å². The Balaban J connectivity index is 2.27. The van der Waals surface area contributed by atoms with Crippen molar-refractivity contribution in [3.63, 3.8) is 0 Å². The van der Waals surface area contributed by atoms with E-state index in [0.717, 1.165) is 21.7 Å². The summed E-state index contributed by atoms with van der Waals surface area (Å²) in [5.41, 5.74) is 2.40. The molecule has 4 nitrogen and oxygen atoms in total. The van der Waals surface area contributed by atoms with Crippen molar-refractivity contribution in [3.05, 3.63) is 45.1 Å². The van der Waals surface area contributed by atoms with Gasteiger partial charge in [-0.15, -0.1) is 11.3 Å². The van der Waals surface area contributed by atoms with Crippen LogP contribution in [0.2, 0.25) is 0 Å². The van der Waals surface area contributed by atoms with Crippen molar-refractivity contribution >= 4 is 27.0 Å². The number of nitrogens with one attached hydrogen (secondary N) is 2. The molecule has 0 atom stereocenters. The topological polar surface area (TPSA) is 58.2 Å². The molecular formula is C15H20N2O2S2. The zero-order valence-electron chi connectivity index (χ0n) is 12.6. The van der Waals surface area contributed by atoms with Gasteiger partial charge in [0.2, 0.25) is 10.0 Å². The lowest BCUT2D eigenvalue weighted by molar-refractivity contribution is 0.580. The number of benzene rings is 1. The van der Waals surface area contributed by atoms with Gasteiger partial charge in [0.1, 0.15) is 0 Å². The second-order valence-electron chi connectivity index (χ2n) is 5.03. The molecule has 0 aliphatic heterocycles. The van der Waals surface area contributed by atoms with E-state index in [4.69, 9.17) is 0 Å². The Labute approximate surface area is 130 Å². The molecule has 0 unspecified atom stereocenters. The first-order chi connectivity index (χ1) is 9.83. The van der Waals surface area contributed by atoms with Crippen LogP contribution in [-0.2, 0) is 16.6 Å². The Morgan fingerprint density at radius 3 is 2.19 bits per heavy atom. The van der Waals surface area contributed by atoms with Gasteiger partial charge in [0, 0.05) is 29.0 Å². The average Bonchev–Trinajstić information content (AvgIpc) is 2.81. The van der Waals surface area contributed by atoms with E-state index in [1.54, 1.807) is 11.3 Å². The fourth-order valence-corrected chi connectivity index (χ4v) is 4.71. The molecule has 0 fully saturated rings. The third-order valence-electron chi connectivity index (χ3n) is 3.25. The SMILES string of the molecule is CNc1cc(C)c(S(=O)(=O)NCc2ccc(C)s2)c(C)c1. The van der Waals surface area contributed by atoms with Gasteiger partial charge < -0.3 is 5.32 Å². The molecule has 21 heavy (non-hydrogen) atoms. The Bertz CT molecular complexity index is 726. The van der Waals surface area contributed by atoms with Gasteiger partial charge in [-0.1, -0.05) is 0 Å². The maximum absolute atomic E-state index is 12.5. The Morgan fingerprint density at radius 1 is 1.10 bits per heavy atom. The van der Waals surface area contributed by atoms with Crippen LogP contribution in [0.1, 0.15) is 20.9 Å². The molecule has 0 bridgehead atoms. The number of thiophene rings is 1. The van der Waals surface area contributed by atoms with Gasteiger partial charge >= 0.3 is 0 Å². The van der Waals surface area contributed by atoms with Crippen LogP contribution >= 0.6 is 11.3 Å². The fourth-order valence-electron chi connectivity index (χ4n) is 2.34. The summed E-state index contributed by atoms with van der Waals surface area (Å²) in [7, 11) is -1.69. The van der Waals surface area contributed by atoms with E-state index in [0.29, 0.717) is 11.4 Å². The van der Waals surface area contributed by atoms with Crippen LogP contribution in [0.5, 0.6) is 0 Å². The fraction of sp³-hybridized carbons (Fsp3) is 0.333. The molecule has 2 aromatic rings. The molecule has 2 N–H and O–H groups in total. The van der Waals surface area contributed by atoms with E-state index in [1.165, 1.54) is 4.88 Å². The summed E-state index contributed by atoms with van der Waals surface area (Å²) in [4.78, 5) is 2.56. The van der Waals surface area contributed by atoms with Crippen molar-refractivity contribution in [1.29, 1.82) is 0 Å². The number of hydrogen-bond donors (Lipinski definition) is 2. The minimum Gasteiger partial charge on any atom is -0.388 e. The van der Waals surface area contributed by atoms with E-state index in [-0.39, 0.29) is 0 Å². The van der Waals surface area contributed by atoms with E-state index in [2.05, 4.69) is 10.0 Å². The lowest BCUT2D eigenvalue weighted by Gasteiger charge is -2.13. The van der Waals surface area contributed by atoms with Crippen LogP contribution in [0, 0.1) is 20.8 Å². The third-order valence-corrected chi connectivity index (χ3v) is 5.96. The highest BCUT2D eigenvalue weighted by Gasteiger charge is 2.20. The molecule has 0 aliphatic rings. The molecule has 1 aromatic carbocycles. The second-order valence-corrected chi connectivity index (χ2v) is 8.10. The Kier molecular flexibility index (Phi) is 4.70. The summed E-state index contributed by atoms with van der Waals surface area (Å²) in [6, 6.07) is 7.63. The first-order valence-corrected chi connectivity index (χ1v) is 8.97. The molecule has 0 spiro atoms. The highest BCUT2D eigenvalue weighted by atomic mass is 32.2. The predicted octanol–water partition coefficient (Wildman–Crippen LogP) is 3.19. The lowest BCUT2D eigenvalue weighted by atomic mass is 10.1. The third kappa shape index (κ3) is 3.64. The zero-order chi connectivity index (χ0) is 15.6. The van der Waals surface area contributed by atoms with E-state index >= 15 is 0 Å². The molecule has 1 aromatic heterocycles. The summed E-state index contributed by atoms with van der Waals surface area (Å²) >= 11 is 1.60. The number of aryl methyl sites for hydroxylation is 3. The minimum absolute atomic E-state index is 0.327. The van der Waals surface area contributed by atoms with Crippen molar-refractivity contribution in [3.8, 4) is 0 Å². The van der Waals surface area contributed by atoms with Gasteiger partial charge in [-0.2, -0.15) is 0 Å². The van der Waals surface area contributed by atoms with Crippen LogP contribution in [0.3, 0.4) is 0 Å². The van der Waals surface area contributed by atoms with Crippen LogP contribution < -0.4 is 10.0 Å². The van der Waals surface area contributed by atoms with Crippen LogP contribution in [0.15, 0.2) is 29.2 Å². The molecular weight excluding hydrogens is 304 g/mol. The zero-order valence-corrected chi connectivity index (χ0v) is 14.3. The molecule has 0 radical (unpaired) electrons. The smallest absolute Gasteiger partial charge is 0.241 e. The summed E-state index contributed by atoms with van der Waals surface area (Å²) in [5.74, 6) is 0. The van der Waals surface area contributed by atoms with Gasteiger partial charge in [-0.05, 0) is 56.2 Å². The van der Waals surface area contributed by atoms with Crippen molar-refractivity contribution in [1.82, 2.24) is 4.72 Å². The first kappa shape index (κ1) is 16.0. The number of sulfonamides is 1. The minimum atomic E-state index is -3.51. The predicted molar refractivity (Wildman–Crippen MR) is 88.5 cm³/mol. The quantitative estimate of drug-likeness (QED) is 0.888. The summed E-state index contributed by atoms with van der Waals surface area (Å²) < 4.78 is 27.7. The highest BCUT2D eigenvalue weighted by Crippen LogP contribution is 2.24. The van der Waals surface area contributed by atoms with E-state index < -0.39 is 10.0 Å².